The van der Waals surface area contributed by atoms with Crippen molar-refractivity contribution >= 4 is 21.7 Å². The lowest BCUT2D eigenvalue weighted by atomic mass is 10.0. The molecule has 0 N–H and O–H groups in total. The van der Waals surface area contributed by atoms with Crippen LogP contribution in [0.25, 0.3) is 0 Å². The van der Waals surface area contributed by atoms with Gasteiger partial charge in [0.1, 0.15) is 21.8 Å². The van der Waals surface area contributed by atoms with Crippen LogP contribution in [0.4, 0.5) is 4.39 Å². The fraction of sp³-hybridized carbons (Fsp3) is 0.143. The normalized spacial score (nSPS) is 10.2. The number of hydrogen-bond donors (Lipinski definition) is 0. The molecule has 1 heterocycles. The van der Waals surface area contributed by atoms with Gasteiger partial charge in [-0.25, -0.2) is 4.39 Å². The average molecular weight is 340 g/mol. The molecule has 0 aliphatic carbocycles. The van der Waals surface area contributed by atoms with Crippen LogP contribution in [0.1, 0.15) is 15.9 Å². The second-order valence-corrected chi connectivity index (χ2v) is 4.68. The molecule has 0 fully saturated rings. The Morgan fingerprint density at radius 3 is 2.60 bits per heavy atom. The van der Waals surface area contributed by atoms with E-state index < -0.39 is 5.82 Å². The van der Waals surface area contributed by atoms with Crippen LogP contribution in [-0.2, 0) is 0 Å². The van der Waals surface area contributed by atoms with Crippen LogP contribution in [0.5, 0.6) is 11.5 Å². The number of methoxy groups -OCH3 is 2. The minimum atomic E-state index is -0.567. The number of aromatic nitrogens is 1. The summed E-state index contributed by atoms with van der Waals surface area (Å²) in [7, 11) is 2.96. The number of nitrogens with zero attached hydrogens (tertiary/aromatic N) is 1. The highest BCUT2D eigenvalue weighted by Gasteiger charge is 2.20. The first-order valence-corrected chi connectivity index (χ1v) is 6.43. The second kappa shape index (κ2) is 6.00. The molecule has 0 bridgehead atoms. The standard InChI is InChI=1S/C14H11BrFNO3/c1-19-11-4-3-10(14(20-2)12(11)15)13(18)8-5-9(16)7-17-6-8/h3-7H,1-2H3. The van der Waals surface area contributed by atoms with Gasteiger partial charge >= 0.3 is 0 Å². The van der Waals surface area contributed by atoms with Crippen molar-refractivity contribution in [3.63, 3.8) is 0 Å². The van der Waals surface area contributed by atoms with Crippen molar-refractivity contribution in [2.24, 2.45) is 0 Å². The highest BCUT2D eigenvalue weighted by atomic mass is 79.9. The quantitative estimate of drug-likeness (QED) is 0.802. The molecule has 0 aliphatic rings. The molecule has 6 heteroatoms. The number of halogens is 2. The van der Waals surface area contributed by atoms with Crippen LogP contribution in [0.2, 0.25) is 0 Å². The van der Waals surface area contributed by atoms with Crippen LogP contribution in [0.3, 0.4) is 0 Å². The molecule has 104 valence electrons. The number of rotatable bonds is 4. The SMILES string of the molecule is COc1ccc(C(=O)c2cncc(F)c2)c(OC)c1Br. The van der Waals surface area contributed by atoms with Gasteiger partial charge in [-0.2, -0.15) is 0 Å². The summed E-state index contributed by atoms with van der Waals surface area (Å²) in [5.41, 5.74) is 0.452. The van der Waals surface area contributed by atoms with Crippen molar-refractivity contribution in [2.75, 3.05) is 14.2 Å². The average Bonchev–Trinajstić information content (AvgIpc) is 2.46. The Morgan fingerprint density at radius 2 is 2.00 bits per heavy atom. The molecule has 2 rings (SSSR count). The van der Waals surface area contributed by atoms with Crippen molar-refractivity contribution < 1.29 is 18.7 Å². The third-order valence-corrected chi connectivity index (χ3v) is 3.45. The summed E-state index contributed by atoms with van der Waals surface area (Å²) in [5, 5.41) is 0. The van der Waals surface area contributed by atoms with Crippen molar-refractivity contribution in [2.45, 2.75) is 0 Å². The van der Waals surface area contributed by atoms with E-state index in [2.05, 4.69) is 20.9 Å². The molecule has 0 spiro atoms. The fourth-order valence-corrected chi connectivity index (χ4v) is 2.44. The highest BCUT2D eigenvalue weighted by Crippen LogP contribution is 2.37. The van der Waals surface area contributed by atoms with Gasteiger partial charge in [0.15, 0.2) is 5.78 Å². The van der Waals surface area contributed by atoms with Gasteiger partial charge in [0, 0.05) is 11.8 Å². The maximum absolute atomic E-state index is 13.1. The molecule has 0 unspecified atom stereocenters. The topological polar surface area (TPSA) is 48.4 Å². The lowest BCUT2D eigenvalue weighted by Crippen LogP contribution is -2.06. The van der Waals surface area contributed by atoms with E-state index in [4.69, 9.17) is 9.47 Å². The van der Waals surface area contributed by atoms with E-state index in [0.717, 1.165) is 12.3 Å². The zero-order chi connectivity index (χ0) is 14.7. The zero-order valence-corrected chi connectivity index (χ0v) is 12.4. The summed E-state index contributed by atoms with van der Waals surface area (Å²) >= 11 is 3.32. The Hall–Kier alpha value is -1.95. The molecule has 1 aromatic heterocycles. The van der Waals surface area contributed by atoms with Crippen LogP contribution in [0.15, 0.2) is 35.1 Å². The third-order valence-electron chi connectivity index (χ3n) is 2.70. The minimum absolute atomic E-state index is 0.153. The predicted molar refractivity (Wildman–Crippen MR) is 74.9 cm³/mol. The van der Waals surface area contributed by atoms with Gasteiger partial charge in [0.25, 0.3) is 0 Å². The van der Waals surface area contributed by atoms with Crippen molar-refractivity contribution in [1.82, 2.24) is 4.98 Å². The van der Waals surface area contributed by atoms with Crippen LogP contribution in [0, 0.1) is 5.82 Å². The van der Waals surface area contributed by atoms with Gasteiger partial charge in [-0.3, -0.25) is 9.78 Å². The summed E-state index contributed by atoms with van der Waals surface area (Å²) in [6.45, 7) is 0. The van der Waals surface area contributed by atoms with Gasteiger partial charge in [-0.1, -0.05) is 0 Å². The maximum atomic E-state index is 13.1. The molecule has 0 radical (unpaired) electrons. The van der Waals surface area contributed by atoms with E-state index in [1.165, 1.54) is 20.4 Å². The molecular formula is C14H11BrFNO3. The summed E-state index contributed by atoms with van der Waals surface area (Å²) in [5.74, 6) is -0.0750. The first-order chi connectivity index (χ1) is 9.58. The highest BCUT2D eigenvalue weighted by molar-refractivity contribution is 9.10. The Bertz CT molecular complexity index is 661. The molecule has 20 heavy (non-hydrogen) atoms. The molecule has 2 aromatic rings. The number of benzene rings is 1. The Labute approximate surface area is 123 Å². The Morgan fingerprint density at radius 1 is 1.25 bits per heavy atom. The predicted octanol–water partition coefficient (Wildman–Crippen LogP) is 3.23. The number of ether oxygens (including phenoxy) is 2. The largest absolute Gasteiger partial charge is 0.495 e. The molecule has 0 amide bonds. The van der Waals surface area contributed by atoms with Crippen molar-refractivity contribution in [3.05, 3.63) is 52.0 Å². The molecule has 0 saturated heterocycles. The number of ketones is 1. The summed E-state index contributed by atoms with van der Waals surface area (Å²) in [6.07, 6.45) is 2.35. The van der Waals surface area contributed by atoms with Gasteiger partial charge in [-0.05, 0) is 34.1 Å². The molecule has 0 aliphatic heterocycles. The van der Waals surface area contributed by atoms with Crippen LogP contribution < -0.4 is 9.47 Å². The van der Waals surface area contributed by atoms with Crippen molar-refractivity contribution in [1.29, 1.82) is 0 Å². The number of carbonyl (C=O) groups excluding carboxylic acids is 1. The van der Waals surface area contributed by atoms with E-state index >= 15 is 0 Å². The van der Waals surface area contributed by atoms with Gasteiger partial charge < -0.3 is 9.47 Å². The first-order valence-electron chi connectivity index (χ1n) is 5.64. The smallest absolute Gasteiger partial charge is 0.198 e. The lowest BCUT2D eigenvalue weighted by Gasteiger charge is -2.12. The van der Waals surface area contributed by atoms with E-state index in [1.807, 2.05) is 0 Å². The molecule has 4 nitrogen and oxygen atoms in total. The van der Waals surface area contributed by atoms with Crippen LogP contribution >= 0.6 is 15.9 Å². The van der Waals surface area contributed by atoms with Crippen molar-refractivity contribution in [3.8, 4) is 11.5 Å². The Balaban J connectivity index is 2.52. The van der Waals surface area contributed by atoms with Gasteiger partial charge in [0.05, 0.1) is 26.0 Å². The summed E-state index contributed by atoms with van der Waals surface area (Å²) in [6, 6.07) is 4.33. The molecular weight excluding hydrogens is 329 g/mol. The van der Waals surface area contributed by atoms with E-state index in [0.29, 0.717) is 21.5 Å². The summed E-state index contributed by atoms with van der Waals surface area (Å²) in [4.78, 5) is 16.1. The number of carbonyl (C=O) groups is 1. The van der Waals surface area contributed by atoms with Crippen LogP contribution in [-0.4, -0.2) is 25.0 Å². The van der Waals surface area contributed by atoms with E-state index in [-0.39, 0.29) is 11.3 Å². The lowest BCUT2D eigenvalue weighted by molar-refractivity contribution is 0.103. The zero-order valence-electron chi connectivity index (χ0n) is 10.8. The van der Waals surface area contributed by atoms with Gasteiger partial charge in [-0.15, -0.1) is 0 Å². The molecule has 0 saturated carbocycles. The molecule has 1 aromatic carbocycles. The minimum Gasteiger partial charge on any atom is -0.495 e. The number of pyridine rings is 1. The number of hydrogen-bond acceptors (Lipinski definition) is 4. The summed E-state index contributed by atoms with van der Waals surface area (Å²) < 4.78 is 24.0. The Kier molecular flexibility index (Phi) is 4.34. The third kappa shape index (κ3) is 2.65. The van der Waals surface area contributed by atoms with E-state index in [1.54, 1.807) is 12.1 Å². The monoisotopic (exact) mass is 339 g/mol. The molecule has 0 atom stereocenters. The second-order valence-electron chi connectivity index (χ2n) is 3.88. The fourth-order valence-electron chi connectivity index (χ4n) is 1.77. The maximum Gasteiger partial charge on any atom is 0.198 e. The van der Waals surface area contributed by atoms with Gasteiger partial charge in [0.2, 0.25) is 0 Å². The first kappa shape index (κ1) is 14.5. The van der Waals surface area contributed by atoms with E-state index in [9.17, 15) is 9.18 Å².